The molecule has 9 heteroatoms. The van der Waals surface area contributed by atoms with Gasteiger partial charge in [-0.15, -0.1) is 10.2 Å². The molecule has 9 nitrogen and oxygen atoms in total. The molecule has 0 spiro atoms. The van der Waals surface area contributed by atoms with Crippen LogP contribution in [0.2, 0.25) is 0 Å². The van der Waals surface area contributed by atoms with E-state index in [9.17, 15) is 4.79 Å². The number of aromatic amines is 1. The van der Waals surface area contributed by atoms with Crippen LogP contribution in [0.25, 0.3) is 10.9 Å². The number of nitrogens with zero attached hydrogens (tertiary/aromatic N) is 3. The van der Waals surface area contributed by atoms with Crippen LogP contribution in [0.1, 0.15) is 34.4 Å². The molecule has 0 aliphatic carbocycles. The third kappa shape index (κ3) is 6.37. The SMILES string of the molecule is COc1ccc(Cn2c(CCc3ccccc3)nnc2[C@@H](Cc2c[nH]c3ccccc23)NC(=O)[C@H]2CNCCN2)cc1. The van der Waals surface area contributed by atoms with E-state index >= 15 is 0 Å². The number of hydrogen-bond acceptors (Lipinski definition) is 6. The number of methoxy groups -OCH3 is 1. The van der Waals surface area contributed by atoms with Crippen molar-refractivity contribution in [2.24, 2.45) is 0 Å². The fourth-order valence-corrected chi connectivity index (χ4v) is 5.62. The van der Waals surface area contributed by atoms with Gasteiger partial charge in [0.05, 0.1) is 25.7 Å². The number of rotatable bonds is 11. The molecule has 216 valence electrons. The lowest BCUT2D eigenvalue weighted by Gasteiger charge is -2.27. The van der Waals surface area contributed by atoms with Gasteiger partial charge in [-0.25, -0.2) is 0 Å². The normalized spacial score (nSPS) is 15.9. The van der Waals surface area contributed by atoms with Gasteiger partial charge in [0, 0.05) is 49.6 Å². The molecule has 1 fully saturated rings. The Kier molecular flexibility index (Phi) is 8.58. The van der Waals surface area contributed by atoms with E-state index in [-0.39, 0.29) is 18.0 Å². The summed E-state index contributed by atoms with van der Waals surface area (Å²) in [6, 6.07) is 26.0. The van der Waals surface area contributed by atoms with Crippen molar-refractivity contribution < 1.29 is 9.53 Å². The number of benzene rings is 3. The fraction of sp³-hybridized carbons (Fsp3) is 0.303. The Labute approximate surface area is 245 Å². The first-order chi connectivity index (χ1) is 20.7. The standard InChI is InChI=1S/C33H37N7O2/c1-42-26-14-11-24(12-15-26)22-40-31(16-13-23-7-3-2-4-8-23)38-39-32(40)29(37-33(41)30-21-34-17-18-35-30)19-25-20-36-28-10-6-5-9-27(25)28/h2-12,14-15,20,29-30,34-36H,13,16-19,21-22H2,1H3,(H,37,41)/t29-,30-/m1/s1. The first-order valence-electron chi connectivity index (χ1n) is 14.6. The second-order valence-electron chi connectivity index (χ2n) is 10.7. The number of amides is 1. The molecule has 1 amide bonds. The Balaban J connectivity index is 1.36. The van der Waals surface area contributed by atoms with Crippen molar-refractivity contribution in [2.45, 2.75) is 37.9 Å². The first-order valence-corrected chi connectivity index (χ1v) is 14.6. The number of ether oxygens (including phenoxy) is 1. The van der Waals surface area contributed by atoms with Crippen LogP contribution in [0.3, 0.4) is 0 Å². The third-order valence-corrected chi connectivity index (χ3v) is 7.92. The Hall–Kier alpha value is -4.47. The number of fused-ring (bicyclic) bond motifs is 1. The average Bonchev–Trinajstić information content (AvgIpc) is 3.64. The number of aromatic nitrogens is 4. The lowest BCUT2D eigenvalue weighted by Crippen LogP contribution is -2.56. The van der Waals surface area contributed by atoms with E-state index in [1.54, 1.807) is 7.11 Å². The molecule has 0 bridgehead atoms. The maximum atomic E-state index is 13.5. The molecule has 5 aromatic rings. The van der Waals surface area contributed by atoms with Gasteiger partial charge in [-0.3, -0.25) is 4.79 Å². The number of H-pyrrole nitrogens is 1. The Bertz CT molecular complexity index is 1600. The third-order valence-electron chi connectivity index (χ3n) is 7.92. The smallest absolute Gasteiger partial charge is 0.239 e. The molecule has 0 unspecified atom stereocenters. The quantitative estimate of drug-likeness (QED) is 0.196. The highest BCUT2D eigenvalue weighted by atomic mass is 16.5. The van der Waals surface area contributed by atoms with Crippen LogP contribution < -0.4 is 20.7 Å². The summed E-state index contributed by atoms with van der Waals surface area (Å²) in [6.45, 7) is 2.78. The van der Waals surface area contributed by atoms with E-state index in [4.69, 9.17) is 14.9 Å². The zero-order chi connectivity index (χ0) is 28.7. The van der Waals surface area contributed by atoms with Gasteiger partial charge >= 0.3 is 0 Å². The summed E-state index contributed by atoms with van der Waals surface area (Å²) in [5, 5.41) is 20.6. The predicted molar refractivity (Wildman–Crippen MR) is 164 cm³/mol. The van der Waals surface area contributed by atoms with Gasteiger partial charge in [-0.1, -0.05) is 60.7 Å². The Morgan fingerprint density at radius 2 is 1.79 bits per heavy atom. The summed E-state index contributed by atoms with van der Waals surface area (Å²) in [5.74, 6) is 2.40. The highest BCUT2D eigenvalue weighted by Gasteiger charge is 2.28. The second kappa shape index (κ2) is 13.0. The van der Waals surface area contributed by atoms with Crippen LogP contribution in [0.4, 0.5) is 0 Å². The molecule has 0 radical (unpaired) electrons. The molecule has 1 aliphatic heterocycles. The van der Waals surface area contributed by atoms with E-state index in [2.05, 4.69) is 74.0 Å². The number of hydrogen-bond donors (Lipinski definition) is 4. The molecule has 2 aromatic heterocycles. The van der Waals surface area contributed by atoms with Gasteiger partial charge in [0.2, 0.25) is 5.91 Å². The Morgan fingerprint density at radius 3 is 2.57 bits per heavy atom. The summed E-state index contributed by atoms with van der Waals surface area (Å²) < 4.78 is 7.56. The largest absolute Gasteiger partial charge is 0.497 e. The molecule has 1 saturated heterocycles. The summed E-state index contributed by atoms with van der Waals surface area (Å²) in [4.78, 5) is 16.9. The summed E-state index contributed by atoms with van der Waals surface area (Å²) in [5.41, 5.74) is 4.54. The lowest BCUT2D eigenvalue weighted by atomic mass is 10.0. The van der Waals surface area contributed by atoms with Crippen LogP contribution in [0, 0.1) is 0 Å². The van der Waals surface area contributed by atoms with E-state index in [0.29, 0.717) is 19.5 Å². The van der Waals surface area contributed by atoms with Crippen LogP contribution in [0.15, 0.2) is 85.1 Å². The summed E-state index contributed by atoms with van der Waals surface area (Å²) in [7, 11) is 1.67. The topological polar surface area (TPSA) is 109 Å². The zero-order valence-electron chi connectivity index (χ0n) is 23.8. The van der Waals surface area contributed by atoms with E-state index in [1.165, 1.54) is 5.56 Å². The molecule has 6 rings (SSSR count). The van der Waals surface area contributed by atoms with E-state index in [0.717, 1.165) is 65.4 Å². The summed E-state index contributed by atoms with van der Waals surface area (Å²) >= 11 is 0. The molecule has 1 aliphatic rings. The van der Waals surface area contributed by atoms with Crippen molar-refractivity contribution in [2.75, 3.05) is 26.7 Å². The number of carbonyl (C=O) groups excluding carboxylic acids is 1. The predicted octanol–water partition coefficient (Wildman–Crippen LogP) is 3.56. The van der Waals surface area contributed by atoms with Crippen LogP contribution in [-0.2, 0) is 30.6 Å². The van der Waals surface area contributed by atoms with Gasteiger partial charge < -0.3 is 30.2 Å². The summed E-state index contributed by atoms with van der Waals surface area (Å²) in [6.07, 6.45) is 4.19. The fourth-order valence-electron chi connectivity index (χ4n) is 5.62. The van der Waals surface area contributed by atoms with Crippen LogP contribution >= 0.6 is 0 Å². The van der Waals surface area contributed by atoms with Gasteiger partial charge in [0.25, 0.3) is 0 Å². The molecule has 3 aromatic carbocycles. The monoisotopic (exact) mass is 563 g/mol. The number of nitrogens with one attached hydrogen (secondary N) is 4. The van der Waals surface area contributed by atoms with E-state index < -0.39 is 0 Å². The minimum Gasteiger partial charge on any atom is -0.497 e. The molecule has 4 N–H and O–H groups in total. The second-order valence-corrected chi connectivity index (χ2v) is 10.7. The molecule has 0 saturated carbocycles. The highest BCUT2D eigenvalue weighted by Crippen LogP contribution is 2.26. The molecule has 3 heterocycles. The van der Waals surface area contributed by atoms with Crippen molar-refractivity contribution in [3.63, 3.8) is 0 Å². The van der Waals surface area contributed by atoms with Crippen molar-refractivity contribution in [1.82, 2.24) is 35.7 Å². The van der Waals surface area contributed by atoms with Gasteiger partial charge in [-0.05, 0) is 41.3 Å². The minimum atomic E-state index is -0.378. The van der Waals surface area contributed by atoms with Gasteiger partial charge in [0.1, 0.15) is 11.6 Å². The van der Waals surface area contributed by atoms with Crippen molar-refractivity contribution >= 4 is 16.8 Å². The molecule has 42 heavy (non-hydrogen) atoms. The van der Waals surface area contributed by atoms with Crippen molar-refractivity contribution in [1.29, 1.82) is 0 Å². The maximum absolute atomic E-state index is 13.5. The number of carbonyl (C=O) groups is 1. The zero-order valence-corrected chi connectivity index (χ0v) is 23.8. The Morgan fingerprint density at radius 1 is 0.976 bits per heavy atom. The number of para-hydroxylation sites is 1. The van der Waals surface area contributed by atoms with Crippen LogP contribution in [-0.4, -0.2) is 58.4 Å². The lowest BCUT2D eigenvalue weighted by molar-refractivity contribution is -0.124. The molecular formula is C33H37N7O2. The maximum Gasteiger partial charge on any atom is 0.239 e. The van der Waals surface area contributed by atoms with Gasteiger partial charge in [0.15, 0.2) is 5.82 Å². The number of aryl methyl sites for hydroxylation is 2. The average molecular weight is 564 g/mol. The number of piperazine rings is 1. The van der Waals surface area contributed by atoms with Crippen LogP contribution in [0.5, 0.6) is 5.75 Å². The molecular weight excluding hydrogens is 526 g/mol. The molecule has 2 atom stereocenters. The first kappa shape index (κ1) is 27.7. The highest BCUT2D eigenvalue weighted by molar-refractivity contribution is 5.84. The van der Waals surface area contributed by atoms with Crippen molar-refractivity contribution in [3.8, 4) is 5.75 Å². The minimum absolute atomic E-state index is 0.0446. The van der Waals surface area contributed by atoms with Crippen molar-refractivity contribution in [3.05, 3.63) is 113 Å². The van der Waals surface area contributed by atoms with E-state index in [1.807, 2.05) is 36.5 Å². The van der Waals surface area contributed by atoms with Gasteiger partial charge in [-0.2, -0.15) is 0 Å².